The monoisotopic (exact) mass is 305 g/mol. The second-order valence-corrected chi connectivity index (χ2v) is 4.74. The van der Waals surface area contributed by atoms with Gasteiger partial charge in [0.05, 0.1) is 21.3 Å². The fraction of sp³-hybridized carbons (Fsp3) is 0.364. The first-order valence-corrected chi connectivity index (χ1v) is 6.09. The van der Waals surface area contributed by atoms with Crippen LogP contribution in [-0.2, 0) is 4.79 Å². The van der Waals surface area contributed by atoms with Crippen molar-refractivity contribution < 1.29 is 9.90 Å². The van der Waals surface area contributed by atoms with E-state index >= 15 is 0 Å². The van der Waals surface area contributed by atoms with E-state index in [-0.39, 0.29) is 12.3 Å². The normalized spacial score (nSPS) is 12.2. The number of hydrogen-bond acceptors (Lipinski definition) is 2. The van der Waals surface area contributed by atoms with Gasteiger partial charge in [0.25, 0.3) is 0 Å². The topological polar surface area (TPSA) is 49.3 Å². The third-order valence-electron chi connectivity index (χ3n) is 2.01. The molecule has 1 amide bonds. The molecule has 0 fully saturated rings. The summed E-state index contributed by atoms with van der Waals surface area (Å²) in [6, 6.07) is 5.25. The standard InChI is InChI=1S/C11H13BrClNO2/c1-7(15)5-6-10(16)14-9-4-2-3-8(13)11(9)12/h2-4,7,15H,5-6H2,1H3,(H,14,16). The Morgan fingerprint density at radius 1 is 1.62 bits per heavy atom. The predicted octanol–water partition coefficient (Wildman–Crippen LogP) is 3.20. The van der Waals surface area contributed by atoms with Gasteiger partial charge in [-0.15, -0.1) is 0 Å². The van der Waals surface area contributed by atoms with Gasteiger partial charge in [-0.3, -0.25) is 4.79 Å². The molecular weight excluding hydrogens is 293 g/mol. The summed E-state index contributed by atoms with van der Waals surface area (Å²) in [6.07, 6.45) is 0.272. The molecule has 1 atom stereocenters. The van der Waals surface area contributed by atoms with Crippen LogP contribution in [0.15, 0.2) is 22.7 Å². The summed E-state index contributed by atoms with van der Waals surface area (Å²) in [5.74, 6) is -0.135. The number of benzene rings is 1. The molecule has 0 spiro atoms. The Morgan fingerprint density at radius 2 is 2.31 bits per heavy atom. The van der Waals surface area contributed by atoms with Gasteiger partial charge in [-0.25, -0.2) is 0 Å². The molecule has 0 aliphatic rings. The minimum atomic E-state index is -0.464. The lowest BCUT2D eigenvalue weighted by atomic mass is 10.2. The van der Waals surface area contributed by atoms with Gasteiger partial charge in [0, 0.05) is 6.42 Å². The molecule has 0 aliphatic carbocycles. The van der Waals surface area contributed by atoms with Crippen LogP contribution in [0.4, 0.5) is 5.69 Å². The zero-order valence-electron chi connectivity index (χ0n) is 8.84. The number of anilines is 1. The van der Waals surface area contributed by atoms with Crippen molar-refractivity contribution in [3.8, 4) is 0 Å². The number of nitrogens with one attached hydrogen (secondary N) is 1. The van der Waals surface area contributed by atoms with Crippen molar-refractivity contribution in [2.45, 2.75) is 25.9 Å². The van der Waals surface area contributed by atoms with Crippen LogP contribution in [0.2, 0.25) is 5.02 Å². The smallest absolute Gasteiger partial charge is 0.224 e. The molecule has 0 saturated carbocycles. The van der Waals surface area contributed by atoms with Crippen molar-refractivity contribution in [1.82, 2.24) is 0 Å². The van der Waals surface area contributed by atoms with E-state index in [0.717, 1.165) is 0 Å². The van der Waals surface area contributed by atoms with E-state index in [1.165, 1.54) is 0 Å². The molecule has 1 unspecified atom stereocenters. The fourth-order valence-electron chi connectivity index (χ4n) is 1.15. The summed E-state index contributed by atoms with van der Waals surface area (Å²) < 4.78 is 0.669. The number of carbonyl (C=O) groups is 1. The van der Waals surface area contributed by atoms with Crippen LogP contribution in [0.25, 0.3) is 0 Å². The maximum Gasteiger partial charge on any atom is 0.224 e. The summed E-state index contributed by atoms with van der Waals surface area (Å²) in [7, 11) is 0. The van der Waals surface area contributed by atoms with Gasteiger partial charge in [0.15, 0.2) is 0 Å². The molecule has 88 valence electrons. The van der Waals surface area contributed by atoms with Gasteiger partial charge in [0.1, 0.15) is 0 Å². The third kappa shape index (κ3) is 4.12. The van der Waals surface area contributed by atoms with Crippen molar-refractivity contribution in [3.05, 3.63) is 27.7 Å². The highest BCUT2D eigenvalue weighted by Gasteiger charge is 2.08. The number of hydrogen-bond donors (Lipinski definition) is 2. The number of halogens is 2. The molecule has 1 aromatic carbocycles. The molecular formula is C11H13BrClNO2. The lowest BCUT2D eigenvalue weighted by Crippen LogP contribution is -2.14. The van der Waals surface area contributed by atoms with Gasteiger partial charge in [0.2, 0.25) is 5.91 Å². The van der Waals surface area contributed by atoms with Crippen LogP contribution < -0.4 is 5.32 Å². The van der Waals surface area contributed by atoms with Gasteiger partial charge < -0.3 is 10.4 Å². The average Bonchev–Trinajstić information content (AvgIpc) is 2.22. The average molecular weight is 307 g/mol. The van der Waals surface area contributed by atoms with Crippen LogP contribution in [0.5, 0.6) is 0 Å². The lowest BCUT2D eigenvalue weighted by Gasteiger charge is -2.09. The van der Waals surface area contributed by atoms with Crippen LogP contribution in [0, 0.1) is 0 Å². The van der Waals surface area contributed by atoms with Gasteiger partial charge in [-0.05, 0) is 41.4 Å². The Morgan fingerprint density at radius 3 is 2.94 bits per heavy atom. The fourth-order valence-corrected chi connectivity index (χ4v) is 1.69. The number of carbonyl (C=O) groups excluding carboxylic acids is 1. The maximum absolute atomic E-state index is 11.5. The Labute approximate surface area is 108 Å². The third-order valence-corrected chi connectivity index (χ3v) is 3.41. The van der Waals surface area contributed by atoms with E-state index in [4.69, 9.17) is 16.7 Å². The Kier molecular flexibility index (Phi) is 5.25. The highest BCUT2D eigenvalue weighted by Crippen LogP contribution is 2.30. The van der Waals surface area contributed by atoms with E-state index in [2.05, 4.69) is 21.2 Å². The predicted molar refractivity (Wildman–Crippen MR) is 68.7 cm³/mol. The molecule has 2 N–H and O–H groups in total. The molecule has 1 aromatic rings. The minimum absolute atomic E-state index is 0.135. The molecule has 1 rings (SSSR count). The van der Waals surface area contributed by atoms with Gasteiger partial charge in [-0.1, -0.05) is 17.7 Å². The van der Waals surface area contributed by atoms with E-state index in [0.29, 0.717) is 21.6 Å². The first-order valence-electron chi connectivity index (χ1n) is 4.92. The minimum Gasteiger partial charge on any atom is -0.393 e. The second kappa shape index (κ2) is 6.23. The molecule has 0 heterocycles. The highest BCUT2D eigenvalue weighted by molar-refractivity contribution is 9.10. The summed E-state index contributed by atoms with van der Waals surface area (Å²) in [6.45, 7) is 1.66. The van der Waals surface area contributed by atoms with Crippen molar-refractivity contribution in [1.29, 1.82) is 0 Å². The Hall–Kier alpha value is -0.580. The number of amides is 1. The van der Waals surface area contributed by atoms with Crippen LogP contribution in [0.3, 0.4) is 0 Å². The number of aliphatic hydroxyl groups is 1. The summed E-state index contributed by atoms with van der Waals surface area (Å²) in [5.41, 5.74) is 0.642. The number of aliphatic hydroxyl groups excluding tert-OH is 1. The lowest BCUT2D eigenvalue weighted by molar-refractivity contribution is -0.116. The van der Waals surface area contributed by atoms with Crippen molar-refractivity contribution >= 4 is 39.1 Å². The maximum atomic E-state index is 11.5. The molecule has 0 aromatic heterocycles. The highest BCUT2D eigenvalue weighted by atomic mass is 79.9. The van der Waals surface area contributed by atoms with E-state index < -0.39 is 6.10 Å². The zero-order valence-corrected chi connectivity index (χ0v) is 11.2. The van der Waals surface area contributed by atoms with Crippen LogP contribution in [-0.4, -0.2) is 17.1 Å². The molecule has 0 radical (unpaired) electrons. The molecule has 16 heavy (non-hydrogen) atoms. The first kappa shape index (κ1) is 13.5. The van der Waals surface area contributed by atoms with Gasteiger partial charge in [-0.2, -0.15) is 0 Å². The van der Waals surface area contributed by atoms with Gasteiger partial charge >= 0.3 is 0 Å². The van der Waals surface area contributed by atoms with E-state index in [1.807, 2.05) is 0 Å². The molecule has 0 aliphatic heterocycles. The second-order valence-electron chi connectivity index (χ2n) is 3.54. The summed E-state index contributed by atoms with van der Waals surface area (Å²) >= 11 is 9.18. The van der Waals surface area contributed by atoms with E-state index in [9.17, 15) is 4.79 Å². The Balaban J connectivity index is 2.59. The van der Waals surface area contributed by atoms with Crippen LogP contribution >= 0.6 is 27.5 Å². The summed E-state index contributed by atoms with van der Waals surface area (Å²) in [5, 5.41) is 12.3. The van der Waals surface area contributed by atoms with Crippen LogP contribution in [0.1, 0.15) is 19.8 Å². The number of rotatable bonds is 4. The van der Waals surface area contributed by atoms with Crippen molar-refractivity contribution in [2.75, 3.05) is 5.32 Å². The molecule has 0 saturated heterocycles. The molecule has 5 heteroatoms. The van der Waals surface area contributed by atoms with E-state index in [1.54, 1.807) is 25.1 Å². The quantitative estimate of drug-likeness (QED) is 0.897. The zero-order chi connectivity index (χ0) is 12.1. The SMILES string of the molecule is CC(O)CCC(=O)Nc1cccc(Cl)c1Br. The molecule has 0 bridgehead atoms. The van der Waals surface area contributed by atoms with Crippen molar-refractivity contribution in [2.24, 2.45) is 0 Å². The van der Waals surface area contributed by atoms with Crippen molar-refractivity contribution in [3.63, 3.8) is 0 Å². The first-order chi connectivity index (χ1) is 7.50. The Bertz CT molecular complexity index is 382. The largest absolute Gasteiger partial charge is 0.393 e. The summed E-state index contributed by atoms with van der Waals surface area (Å²) in [4.78, 5) is 11.5. The molecule has 3 nitrogen and oxygen atoms in total.